The Labute approximate surface area is 88.7 Å². The molecule has 0 saturated heterocycles. The summed E-state index contributed by atoms with van der Waals surface area (Å²) in [5, 5.41) is 9.85. The van der Waals surface area contributed by atoms with Crippen LogP contribution < -0.4 is 0 Å². The Bertz CT molecular complexity index is 334. The predicted octanol–water partition coefficient (Wildman–Crippen LogP) is 3.88. The van der Waals surface area contributed by atoms with Gasteiger partial charge in [-0.2, -0.15) is 0 Å². The molecule has 0 heterocycles. The van der Waals surface area contributed by atoms with Crippen molar-refractivity contribution in [3.63, 3.8) is 0 Å². The average Bonchev–Trinajstić information content (AvgIpc) is 2.16. The van der Waals surface area contributed by atoms with Gasteiger partial charge in [-0.15, -0.1) is 0 Å². The van der Waals surface area contributed by atoms with Crippen LogP contribution in [0.4, 0.5) is 8.78 Å². The number of phenolic OH excluding ortho intramolecular Hbond substituents is 1. The second kappa shape index (κ2) is 4.60. The van der Waals surface area contributed by atoms with Gasteiger partial charge in [0.2, 0.25) is 6.43 Å². The van der Waals surface area contributed by atoms with Crippen LogP contribution in [0.5, 0.6) is 5.75 Å². The molecule has 1 nitrogen and oxygen atoms in total. The Morgan fingerprint density at radius 2 is 1.60 bits per heavy atom. The maximum atomic E-state index is 12.5. The molecule has 0 radical (unpaired) electrons. The predicted molar refractivity (Wildman–Crippen MR) is 56.6 cm³/mol. The summed E-state index contributed by atoms with van der Waals surface area (Å²) in [5.74, 6) is -0.779. The Morgan fingerprint density at radius 1 is 1.07 bits per heavy atom. The standard InChI is InChI=1S/C12H16F2O/c1-7(2)9-5-4-6-10(11(9)15)8(3)12(13)14/h4-8,12,15H,1-3H3. The molecule has 1 atom stereocenters. The maximum absolute atomic E-state index is 12.5. The Kier molecular flexibility index (Phi) is 3.66. The quantitative estimate of drug-likeness (QED) is 0.809. The number of halogens is 2. The number of aromatic hydroxyl groups is 1. The summed E-state index contributed by atoms with van der Waals surface area (Å²) < 4.78 is 25.0. The van der Waals surface area contributed by atoms with E-state index in [2.05, 4.69) is 0 Å². The molecule has 0 bridgehead atoms. The van der Waals surface area contributed by atoms with Crippen LogP contribution in [0.25, 0.3) is 0 Å². The Hall–Kier alpha value is -1.12. The molecule has 0 saturated carbocycles. The second-order valence-electron chi connectivity index (χ2n) is 4.06. The highest BCUT2D eigenvalue weighted by Gasteiger charge is 2.21. The van der Waals surface area contributed by atoms with Gasteiger partial charge >= 0.3 is 0 Å². The zero-order valence-corrected chi connectivity index (χ0v) is 9.17. The summed E-state index contributed by atoms with van der Waals surface area (Å²) in [5.41, 5.74) is 1.05. The maximum Gasteiger partial charge on any atom is 0.245 e. The topological polar surface area (TPSA) is 20.2 Å². The minimum absolute atomic E-state index is 0.0142. The van der Waals surface area contributed by atoms with E-state index in [0.29, 0.717) is 5.56 Å². The van der Waals surface area contributed by atoms with Crippen molar-refractivity contribution in [3.8, 4) is 5.75 Å². The van der Waals surface area contributed by atoms with Gasteiger partial charge in [0.25, 0.3) is 0 Å². The summed E-state index contributed by atoms with van der Waals surface area (Å²) in [7, 11) is 0. The summed E-state index contributed by atoms with van der Waals surface area (Å²) in [6.45, 7) is 5.27. The molecular weight excluding hydrogens is 198 g/mol. The highest BCUT2D eigenvalue weighted by atomic mass is 19.3. The first kappa shape index (κ1) is 12.0. The molecule has 84 valence electrons. The fourth-order valence-electron chi connectivity index (χ4n) is 1.55. The lowest BCUT2D eigenvalue weighted by Crippen LogP contribution is -2.06. The summed E-state index contributed by atoms with van der Waals surface area (Å²) >= 11 is 0. The minimum Gasteiger partial charge on any atom is -0.507 e. The first-order chi connectivity index (χ1) is 6.95. The van der Waals surface area contributed by atoms with E-state index in [1.54, 1.807) is 18.2 Å². The first-order valence-corrected chi connectivity index (χ1v) is 5.05. The number of hydrogen-bond donors (Lipinski definition) is 1. The van der Waals surface area contributed by atoms with E-state index in [4.69, 9.17) is 0 Å². The van der Waals surface area contributed by atoms with Crippen LogP contribution in [0.15, 0.2) is 18.2 Å². The van der Waals surface area contributed by atoms with Crippen LogP contribution in [0.2, 0.25) is 0 Å². The van der Waals surface area contributed by atoms with Crippen molar-refractivity contribution in [1.82, 2.24) is 0 Å². The van der Waals surface area contributed by atoms with Crippen LogP contribution in [-0.4, -0.2) is 11.5 Å². The molecule has 1 aromatic rings. The van der Waals surface area contributed by atoms with E-state index in [-0.39, 0.29) is 11.7 Å². The van der Waals surface area contributed by atoms with Gasteiger partial charge in [0.05, 0.1) is 0 Å². The number of benzene rings is 1. The van der Waals surface area contributed by atoms with E-state index >= 15 is 0 Å². The molecular formula is C12H16F2O. The highest BCUT2D eigenvalue weighted by molar-refractivity contribution is 5.43. The second-order valence-corrected chi connectivity index (χ2v) is 4.06. The van der Waals surface area contributed by atoms with Crippen LogP contribution >= 0.6 is 0 Å². The summed E-state index contributed by atoms with van der Waals surface area (Å²) in [6, 6.07) is 5.03. The Balaban J connectivity index is 3.15. The third-order valence-electron chi connectivity index (χ3n) is 2.59. The SMILES string of the molecule is CC(C)c1cccc(C(C)C(F)F)c1O. The smallest absolute Gasteiger partial charge is 0.245 e. The van der Waals surface area contributed by atoms with Gasteiger partial charge in [0, 0.05) is 11.5 Å². The molecule has 1 aromatic carbocycles. The van der Waals surface area contributed by atoms with Crippen molar-refractivity contribution in [2.24, 2.45) is 0 Å². The number of rotatable bonds is 3. The van der Waals surface area contributed by atoms with Crippen molar-refractivity contribution < 1.29 is 13.9 Å². The molecule has 0 spiro atoms. The third kappa shape index (κ3) is 2.46. The van der Waals surface area contributed by atoms with Gasteiger partial charge in [-0.05, 0) is 11.5 Å². The summed E-state index contributed by atoms with van der Waals surface area (Å²) in [6.07, 6.45) is -2.45. The van der Waals surface area contributed by atoms with Crippen molar-refractivity contribution >= 4 is 0 Å². The Morgan fingerprint density at radius 3 is 2.07 bits per heavy atom. The van der Waals surface area contributed by atoms with Crippen molar-refractivity contribution in [2.45, 2.75) is 39.0 Å². The minimum atomic E-state index is -2.45. The monoisotopic (exact) mass is 214 g/mol. The van der Waals surface area contributed by atoms with E-state index in [1.165, 1.54) is 6.92 Å². The van der Waals surface area contributed by atoms with Gasteiger partial charge in [-0.1, -0.05) is 39.0 Å². The molecule has 0 aromatic heterocycles. The van der Waals surface area contributed by atoms with E-state index in [0.717, 1.165) is 5.56 Å². The molecule has 0 fully saturated rings. The van der Waals surface area contributed by atoms with Gasteiger partial charge < -0.3 is 5.11 Å². The summed E-state index contributed by atoms with van der Waals surface area (Å²) in [4.78, 5) is 0. The lowest BCUT2D eigenvalue weighted by molar-refractivity contribution is 0.120. The van der Waals surface area contributed by atoms with Gasteiger partial charge in [-0.25, -0.2) is 8.78 Å². The molecule has 0 amide bonds. The molecule has 15 heavy (non-hydrogen) atoms. The van der Waals surface area contributed by atoms with Crippen LogP contribution in [0.3, 0.4) is 0 Å². The van der Waals surface area contributed by atoms with E-state index < -0.39 is 12.3 Å². The van der Waals surface area contributed by atoms with Gasteiger partial charge in [-0.3, -0.25) is 0 Å². The average molecular weight is 214 g/mol. The van der Waals surface area contributed by atoms with Crippen molar-refractivity contribution in [1.29, 1.82) is 0 Å². The molecule has 1 rings (SSSR count). The normalized spacial score (nSPS) is 13.5. The first-order valence-electron chi connectivity index (χ1n) is 5.05. The number of hydrogen-bond acceptors (Lipinski definition) is 1. The molecule has 1 N–H and O–H groups in total. The zero-order valence-electron chi connectivity index (χ0n) is 9.17. The lowest BCUT2D eigenvalue weighted by Gasteiger charge is -2.16. The largest absolute Gasteiger partial charge is 0.507 e. The fraction of sp³-hybridized carbons (Fsp3) is 0.500. The number of phenols is 1. The van der Waals surface area contributed by atoms with Crippen LogP contribution in [0.1, 0.15) is 43.7 Å². The van der Waals surface area contributed by atoms with Gasteiger partial charge in [0.15, 0.2) is 0 Å². The van der Waals surface area contributed by atoms with Gasteiger partial charge in [0.1, 0.15) is 5.75 Å². The number of alkyl halides is 2. The highest BCUT2D eigenvalue weighted by Crippen LogP contribution is 2.35. The number of para-hydroxylation sites is 1. The molecule has 3 heteroatoms. The van der Waals surface area contributed by atoms with Crippen molar-refractivity contribution in [2.75, 3.05) is 0 Å². The van der Waals surface area contributed by atoms with Crippen molar-refractivity contribution in [3.05, 3.63) is 29.3 Å². The third-order valence-corrected chi connectivity index (χ3v) is 2.59. The molecule has 0 aliphatic carbocycles. The van der Waals surface area contributed by atoms with E-state index in [9.17, 15) is 13.9 Å². The van der Waals surface area contributed by atoms with Crippen LogP contribution in [-0.2, 0) is 0 Å². The van der Waals surface area contributed by atoms with Crippen LogP contribution in [0, 0.1) is 0 Å². The molecule has 0 aliphatic rings. The molecule has 0 aliphatic heterocycles. The molecule has 1 unspecified atom stereocenters. The fourth-order valence-corrected chi connectivity index (χ4v) is 1.55. The lowest BCUT2D eigenvalue weighted by atomic mass is 9.93. The van der Waals surface area contributed by atoms with E-state index in [1.807, 2.05) is 13.8 Å². The zero-order chi connectivity index (χ0) is 11.6.